The van der Waals surface area contributed by atoms with Crippen molar-refractivity contribution in [2.75, 3.05) is 26.7 Å². The summed E-state index contributed by atoms with van der Waals surface area (Å²) in [6, 6.07) is 1.51. The number of esters is 1. The number of ether oxygens (including phenoxy) is 1. The summed E-state index contributed by atoms with van der Waals surface area (Å²) in [5, 5.41) is 0. The molecule has 0 atom stereocenters. The minimum absolute atomic E-state index is 0.105. The highest BCUT2D eigenvalue weighted by Crippen LogP contribution is 2.08. The topological polar surface area (TPSA) is 52.7 Å². The van der Waals surface area contributed by atoms with Crippen LogP contribution in [0.5, 0.6) is 0 Å². The number of likely N-dealkylation sites (tertiary alicyclic amines) is 1. The SMILES string of the molecule is COC(=O)c1cc(Br)c(=O)n(CC[NH+]2CCCC2)c1. The second-order valence-corrected chi connectivity index (χ2v) is 5.63. The Balaban J connectivity index is 2.15. The predicted molar refractivity (Wildman–Crippen MR) is 74.5 cm³/mol. The molecule has 1 fully saturated rings. The normalized spacial score (nSPS) is 15.7. The van der Waals surface area contributed by atoms with Crippen LogP contribution >= 0.6 is 15.9 Å². The summed E-state index contributed by atoms with van der Waals surface area (Å²) in [5.74, 6) is -0.428. The zero-order valence-electron chi connectivity index (χ0n) is 10.9. The van der Waals surface area contributed by atoms with Gasteiger partial charge in [0, 0.05) is 19.0 Å². The molecule has 0 aliphatic carbocycles. The largest absolute Gasteiger partial charge is 0.465 e. The smallest absolute Gasteiger partial charge is 0.339 e. The van der Waals surface area contributed by atoms with E-state index < -0.39 is 5.97 Å². The van der Waals surface area contributed by atoms with E-state index in [-0.39, 0.29) is 5.56 Å². The molecule has 0 aromatic carbocycles. The van der Waals surface area contributed by atoms with Crippen LogP contribution in [-0.2, 0) is 11.3 Å². The van der Waals surface area contributed by atoms with E-state index in [1.54, 1.807) is 10.8 Å². The fraction of sp³-hybridized carbons (Fsp3) is 0.538. The molecule has 0 unspecified atom stereocenters. The van der Waals surface area contributed by atoms with E-state index in [1.165, 1.54) is 44.0 Å². The number of nitrogens with one attached hydrogen (secondary N) is 1. The molecule has 1 N–H and O–H groups in total. The molecule has 1 aliphatic heterocycles. The molecular formula is C13H18BrN2O3+. The summed E-state index contributed by atoms with van der Waals surface area (Å²) in [5.41, 5.74) is 0.289. The molecule has 0 radical (unpaired) electrons. The first-order valence-electron chi connectivity index (χ1n) is 6.43. The second-order valence-electron chi connectivity index (χ2n) is 4.77. The first-order chi connectivity index (χ1) is 9.11. The lowest BCUT2D eigenvalue weighted by molar-refractivity contribution is -0.888. The van der Waals surface area contributed by atoms with Gasteiger partial charge in [-0.05, 0) is 22.0 Å². The first-order valence-corrected chi connectivity index (χ1v) is 7.23. The van der Waals surface area contributed by atoms with E-state index in [9.17, 15) is 9.59 Å². The Kier molecular flexibility index (Phi) is 4.76. The monoisotopic (exact) mass is 329 g/mol. The number of pyridine rings is 1. The zero-order valence-corrected chi connectivity index (χ0v) is 12.5. The maximum atomic E-state index is 12.0. The van der Waals surface area contributed by atoms with Crippen molar-refractivity contribution in [3.8, 4) is 0 Å². The number of hydrogen-bond donors (Lipinski definition) is 1. The van der Waals surface area contributed by atoms with Crippen LogP contribution in [0.25, 0.3) is 0 Å². The molecule has 2 heterocycles. The van der Waals surface area contributed by atoms with Crippen LogP contribution in [0.2, 0.25) is 0 Å². The fourth-order valence-electron chi connectivity index (χ4n) is 2.40. The molecule has 1 aliphatic rings. The van der Waals surface area contributed by atoms with E-state index in [0.29, 0.717) is 16.6 Å². The van der Waals surface area contributed by atoms with E-state index in [1.807, 2.05) is 0 Å². The third-order valence-electron chi connectivity index (χ3n) is 3.48. The Morgan fingerprint density at radius 2 is 2.16 bits per heavy atom. The highest BCUT2D eigenvalue weighted by atomic mass is 79.9. The summed E-state index contributed by atoms with van der Waals surface area (Å²) in [6.07, 6.45) is 4.10. The number of nitrogens with zero attached hydrogens (tertiary/aromatic N) is 1. The van der Waals surface area contributed by atoms with Gasteiger partial charge in [-0.3, -0.25) is 4.79 Å². The van der Waals surface area contributed by atoms with Crippen LogP contribution in [0.3, 0.4) is 0 Å². The fourth-order valence-corrected chi connectivity index (χ4v) is 2.87. The maximum absolute atomic E-state index is 12.0. The maximum Gasteiger partial charge on any atom is 0.339 e. The predicted octanol–water partition coefficient (Wildman–Crippen LogP) is 0.0761. The minimum atomic E-state index is -0.428. The summed E-state index contributed by atoms with van der Waals surface area (Å²) in [6.45, 7) is 3.88. The van der Waals surface area contributed by atoms with Gasteiger partial charge >= 0.3 is 5.97 Å². The van der Waals surface area contributed by atoms with Crippen LogP contribution in [0.15, 0.2) is 21.5 Å². The molecule has 2 rings (SSSR count). The molecular weight excluding hydrogens is 312 g/mol. The van der Waals surface area contributed by atoms with Gasteiger partial charge in [0.05, 0.1) is 43.3 Å². The number of aromatic nitrogens is 1. The van der Waals surface area contributed by atoms with Gasteiger partial charge in [-0.15, -0.1) is 0 Å². The Morgan fingerprint density at radius 1 is 1.47 bits per heavy atom. The van der Waals surface area contributed by atoms with Gasteiger partial charge < -0.3 is 14.2 Å². The van der Waals surface area contributed by atoms with Crippen LogP contribution in [0.1, 0.15) is 23.2 Å². The number of halogens is 1. The third-order valence-corrected chi connectivity index (χ3v) is 4.05. The molecule has 1 aromatic rings. The first kappa shape index (κ1) is 14.3. The van der Waals surface area contributed by atoms with E-state index in [0.717, 1.165) is 6.54 Å². The molecule has 0 saturated carbocycles. The lowest BCUT2D eigenvalue weighted by Gasteiger charge is -2.14. The molecule has 104 valence electrons. The van der Waals surface area contributed by atoms with Crippen molar-refractivity contribution in [3.63, 3.8) is 0 Å². The van der Waals surface area contributed by atoms with E-state index in [4.69, 9.17) is 0 Å². The van der Waals surface area contributed by atoms with Crippen molar-refractivity contribution < 1.29 is 14.4 Å². The van der Waals surface area contributed by atoms with Crippen molar-refractivity contribution in [2.45, 2.75) is 19.4 Å². The molecule has 19 heavy (non-hydrogen) atoms. The van der Waals surface area contributed by atoms with Gasteiger partial charge in [-0.25, -0.2) is 4.79 Å². The minimum Gasteiger partial charge on any atom is -0.465 e. The average molecular weight is 330 g/mol. The van der Waals surface area contributed by atoms with E-state index >= 15 is 0 Å². The second kappa shape index (κ2) is 6.34. The van der Waals surface area contributed by atoms with Crippen LogP contribution in [0.4, 0.5) is 0 Å². The van der Waals surface area contributed by atoms with Crippen LogP contribution in [0, 0.1) is 0 Å². The summed E-state index contributed by atoms with van der Waals surface area (Å²) >= 11 is 3.20. The lowest BCUT2D eigenvalue weighted by atomic mass is 10.3. The Hall–Kier alpha value is -1.14. The summed E-state index contributed by atoms with van der Waals surface area (Å²) < 4.78 is 6.66. The Morgan fingerprint density at radius 3 is 2.79 bits per heavy atom. The average Bonchev–Trinajstić information content (AvgIpc) is 2.92. The highest BCUT2D eigenvalue weighted by molar-refractivity contribution is 9.10. The highest BCUT2D eigenvalue weighted by Gasteiger charge is 2.16. The molecule has 0 amide bonds. The summed E-state index contributed by atoms with van der Waals surface area (Å²) in [4.78, 5) is 25.0. The van der Waals surface area contributed by atoms with Gasteiger partial charge in [0.2, 0.25) is 0 Å². The Bertz CT molecular complexity index is 521. The van der Waals surface area contributed by atoms with Crippen molar-refractivity contribution in [1.82, 2.24) is 4.57 Å². The Labute approximate surface area is 120 Å². The van der Waals surface area contributed by atoms with Crippen LogP contribution < -0.4 is 10.5 Å². The molecule has 0 bridgehead atoms. The summed E-state index contributed by atoms with van der Waals surface area (Å²) in [7, 11) is 1.33. The van der Waals surface area contributed by atoms with Crippen molar-refractivity contribution in [1.29, 1.82) is 0 Å². The van der Waals surface area contributed by atoms with Crippen molar-refractivity contribution in [3.05, 3.63) is 32.7 Å². The quantitative estimate of drug-likeness (QED) is 0.796. The number of methoxy groups -OCH3 is 1. The molecule has 0 spiro atoms. The van der Waals surface area contributed by atoms with Gasteiger partial charge in [0.25, 0.3) is 5.56 Å². The number of rotatable bonds is 4. The van der Waals surface area contributed by atoms with Gasteiger partial charge in [-0.2, -0.15) is 0 Å². The van der Waals surface area contributed by atoms with E-state index in [2.05, 4.69) is 20.7 Å². The lowest BCUT2D eigenvalue weighted by Crippen LogP contribution is -3.10. The van der Waals surface area contributed by atoms with Crippen LogP contribution in [-0.4, -0.2) is 37.3 Å². The molecule has 5 nitrogen and oxygen atoms in total. The van der Waals surface area contributed by atoms with Gasteiger partial charge in [0.15, 0.2) is 0 Å². The number of carbonyl (C=O) groups excluding carboxylic acids is 1. The number of hydrogen-bond acceptors (Lipinski definition) is 3. The standard InChI is InChI=1S/C13H17BrN2O3/c1-19-13(18)10-8-11(14)12(17)16(9-10)7-6-15-4-2-3-5-15/h8-9H,2-7H2,1H3/p+1. The van der Waals surface area contributed by atoms with Crippen molar-refractivity contribution >= 4 is 21.9 Å². The molecule has 6 heteroatoms. The zero-order chi connectivity index (χ0) is 13.8. The molecule has 1 aromatic heterocycles. The molecule has 1 saturated heterocycles. The number of carbonyl (C=O) groups is 1. The number of quaternary nitrogens is 1. The third kappa shape index (κ3) is 3.45. The van der Waals surface area contributed by atoms with Crippen molar-refractivity contribution in [2.24, 2.45) is 0 Å². The van der Waals surface area contributed by atoms with Gasteiger partial charge in [-0.1, -0.05) is 0 Å². The van der Waals surface area contributed by atoms with Gasteiger partial charge in [0.1, 0.15) is 0 Å².